The van der Waals surface area contributed by atoms with Gasteiger partial charge in [0.15, 0.2) is 0 Å². The van der Waals surface area contributed by atoms with Crippen molar-refractivity contribution in [2.24, 2.45) is 5.92 Å². The van der Waals surface area contributed by atoms with E-state index >= 15 is 0 Å². The molecule has 1 saturated heterocycles. The van der Waals surface area contributed by atoms with E-state index in [1.165, 1.54) is 5.56 Å². The highest BCUT2D eigenvalue weighted by Crippen LogP contribution is 2.17. The molecule has 0 aliphatic carbocycles. The van der Waals surface area contributed by atoms with E-state index in [2.05, 4.69) is 10.1 Å². The normalized spacial score (nSPS) is 19.4. The first-order valence-electron chi connectivity index (χ1n) is 6.64. The summed E-state index contributed by atoms with van der Waals surface area (Å²) in [6.07, 6.45) is 2.44. The minimum absolute atomic E-state index is 0.0561. The van der Waals surface area contributed by atoms with Crippen molar-refractivity contribution in [2.75, 3.05) is 19.0 Å². The lowest BCUT2D eigenvalue weighted by Gasteiger charge is -2.23. The summed E-state index contributed by atoms with van der Waals surface area (Å²) >= 11 is 1.64. The minimum Gasteiger partial charge on any atom is -0.381 e. The summed E-state index contributed by atoms with van der Waals surface area (Å²) in [5.41, 5.74) is 1.19. The number of ether oxygens (including phenoxy) is 1. The van der Waals surface area contributed by atoms with Gasteiger partial charge in [-0.25, -0.2) is 13.1 Å². The van der Waals surface area contributed by atoms with Crippen LogP contribution >= 0.6 is 11.3 Å². The molecule has 1 N–H and O–H groups in total. The standard InChI is InChI=1S/C13H21NO3S2/c1-11(8-13-4-7-18-9-13)14-19(15,16)10-12-2-5-17-6-3-12/h4,7,9,11-12,14H,2-3,5-6,8,10H2,1H3. The number of hydrogen-bond acceptors (Lipinski definition) is 4. The Bertz CT molecular complexity index is 464. The molecule has 4 nitrogen and oxygen atoms in total. The average molecular weight is 303 g/mol. The Morgan fingerprint density at radius 1 is 1.47 bits per heavy atom. The lowest BCUT2D eigenvalue weighted by Crippen LogP contribution is -2.38. The van der Waals surface area contributed by atoms with Gasteiger partial charge >= 0.3 is 0 Å². The van der Waals surface area contributed by atoms with E-state index in [9.17, 15) is 8.42 Å². The van der Waals surface area contributed by atoms with Crippen molar-refractivity contribution >= 4 is 21.4 Å². The van der Waals surface area contributed by atoms with Crippen LogP contribution in [0.1, 0.15) is 25.3 Å². The lowest BCUT2D eigenvalue weighted by atomic mass is 10.0. The third kappa shape index (κ3) is 5.22. The first-order chi connectivity index (χ1) is 9.05. The third-order valence-corrected chi connectivity index (χ3v) is 5.70. The van der Waals surface area contributed by atoms with Crippen LogP contribution in [-0.2, 0) is 21.2 Å². The molecule has 108 valence electrons. The molecule has 1 aliphatic heterocycles. The van der Waals surface area contributed by atoms with Gasteiger partial charge in [-0.3, -0.25) is 0 Å². The fraction of sp³-hybridized carbons (Fsp3) is 0.692. The van der Waals surface area contributed by atoms with Gasteiger partial charge in [0.25, 0.3) is 0 Å². The highest BCUT2D eigenvalue weighted by atomic mass is 32.2. The third-order valence-electron chi connectivity index (χ3n) is 3.30. The van der Waals surface area contributed by atoms with Crippen molar-refractivity contribution < 1.29 is 13.2 Å². The van der Waals surface area contributed by atoms with E-state index in [0.29, 0.717) is 13.2 Å². The summed E-state index contributed by atoms with van der Waals surface area (Å²) < 4.78 is 32.2. The van der Waals surface area contributed by atoms with E-state index in [1.54, 1.807) is 11.3 Å². The molecule has 1 aromatic rings. The molecule has 2 rings (SSSR count). The van der Waals surface area contributed by atoms with Crippen LogP contribution in [0, 0.1) is 5.92 Å². The molecule has 0 bridgehead atoms. The highest BCUT2D eigenvalue weighted by Gasteiger charge is 2.23. The molecule has 0 amide bonds. The van der Waals surface area contributed by atoms with Crippen molar-refractivity contribution in [1.82, 2.24) is 4.72 Å². The van der Waals surface area contributed by atoms with Gasteiger partial charge in [-0.05, 0) is 54.5 Å². The fourth-order valence-electron chi connectivity index (χ4n) is 2.38. The maximum Gasteiger partial charge on any atom is 0.212 e. The molecule has 1 fully saturated rings. The van der Waals surface area contributed by atoms with Gasteiger partial charge in [0.05, 0.1) is 5.75 Å². The molecule has 0 aromatic carbocycles. The van der Waals surface area contributed by atoms with Crippen LogP contribution in [0.5, 0.6) is 0 Å². The second-order valence-electron chi connectivity index (χ2n) is 5.19. The van der Waals surface area contributed by atoms with Gasteiger partial charge in [-0.2, -0.15) is 11.3 Å². The van der Waals surface area contributed by atoms with Crippen LogP contribution in [0.3, 0.4) is 0 Å². The second kappa shape index (κ2) is 6.83. The van der Waals surface area contributed by atoms with Crippen molar-refractivity contribution in [3.05, 3.63) is 22.4 Å². The molecule has 1 unspecified atom stereocenters. The Kier molecular flexibility index (Phi) is 5.38. The Hall–Kier alpha value is -0.430. The molecule has 0 spiro atoms. The van der Waals surface area contributed by atoms with Crippen molar-refractivity contribution in [1.29, 1.82) is 0 Å². The maximum absolute atomic E-state index is 12.1. The SMILES string of the molecule is CC(Cc1ccsc1)NS(=O)(=O)CC1CCOCC1. The molecule has 6 heteroatoms. The molecule has 1 atom stereocenters. The number of nitrogens with one attached hydrogen (secondary N) is 1. The van der Waals surface area contributed by atoms with Gasteiger partial charge in [-0.15, -0.1) is 0 Å². The Balaban J connectivity index is 1.82. The zero-order valence-corrected chi connectivity index (χ0v) is 12.8. The topological polar surface area (TPSA) is 55.4 Å². The predicted molar refractivity (Wildman–Crippen MR) is 78.0 cm³/mol. The van der Waals surface area contributed by atoms with E-state index in [-0.39, 0.29) is 17.7 Å². The molecule has 0 radical (unpaired) electrons. The van der Waals surface area contributed by atoms with E-state index in [4.69, 9.17) is 4.74 Å². The van der Waals surface area contributed by atoms with Gasteiger partial charge in [0.1, 0.15) is 0 Å². The van der Waals surface area contributed by atoms with Gasteiger partial charge < -0.3 is 4.74 Å². The number of sulfonamides is 1. The molecule has 2 heterocycles. The van der Waals surface area contributed by atoms with Crippen molar-refractivity contribution in [3.63, 3.8) is 0 Å². The lowest BCUT2D eigenvalue weighted by molar-refractivity contribution is 0.0723. The van der Waals surface area contributed by atoms with Crippen LogP contribution in [0.25, 0.3) is 0 Å². The van der Waals surface area contributed by atoms with Crippen molar-refractivity contribution in [2.45, 2.75) is 32.2 Å². The molecule has 0 saturated carbocycles. The molecule has 19 heavy (non-hydrogen) atoms. The molecule has 1 aromatic heterocycles. The van der Waals surface area contributed by atoms with Crippen LogP contribution < -0.4 is 4.72 Å². The first-order valence-corrected chi connectivity index (χ1v) is 9.23. The van der Waals surface area contributed by atoms with Crippen LogP contribution in [-0.4, -0.2) is 33.4 Å². The summed E-state index contributed by atoms with van der Waals surface area (Å²) in [4.78, 5) is 0. The highest BCUT2D eigenvalue weighted by molar-refractivity contribution is 7.89. The number of hydrogen-bond donors (Lipinski definition) is 1. The van der Waals surface area contributed by atoms with E-state index in [0.717, 1.165) is 19.3 Å². The first kappa shape index (κ1) is 15.0. The largest absolute Gasteiger partial charge is 0.381 e. The fourth-order valence-corrected chi connectivity index (χ4v) is 4.81. The average Bonchev–Trinajstić information content (AvgIpc) is 2.81. The summed E-state index contributed by atoms with van der Waals surface area (Å²) in [6, 6.07) is 1.98. The summed E-state index contributed by atoms with van der Waals surface area (Å²) in [7, 11) is -3.19. The summed E-state index contributed by atoms with van der Waals surface area (Å²) in [6.45, 7) is 3.29. The summed E-state index contributed by atoms with van der Waals surface area (Å²) in [5, 5.41) is 4.07. The quantitative estimate of drug-likeness (QED) is 0.875. The van der Waals surface area contributed by atoms with Gasteiger partial charge in [0, 0.05) is 19.3 Å². The van der Waals surface area contributed by atoms with Crippen LogP contribution in [0.2, 0.25) is 0 Å². The zero-order chi connectivity index (χ0) is 13.7. The minimum atomic E-state index is -3.19. The van der Waals surface area contributed by atoms with Gasteiger partial charge in [-0.1, -0.05) is 0 Å². The molecular formula is C13H21NO3S2. The van der Waals surface area contributed by atoms with E-state index in [1.807, 2.05) is 18.4 Å². The Morgan fingerprint density at radius 3 is 2.84 bits per heavy atom. The van der Waals surface area contributed by atoms with Crippen LogP contribution in [0.4, 0.5) is 0 Å². The van der Waals surface area contributed by atoms with E-state index < -0.39 is 10.0 Å². The van der Waals surface area contributed by atoms with Crippen molar-refractivity contribution in [3.8, 4) is 0 Å². The number of thiophene rings is 1. The number of rotatable bonds is 6. The molecule has 1 aliphatic rings. The van der Waals surface area contributed by atoms with Crippen LogP contribution in [0.15, 0.2) is 16.8 Å². The zero-order valence-electron chi connectivity index (χ0n) is 11.2. The Morgan fingerprint density at radius 2 is 2.21 bits per heavy atom. The molecular weight excluding hydrogens is 282 g/mol. The predicted octanol–water partition coefficient (Wildman–Crippen LogP) is 2.03. The maximum atomic E-state index is 12.1. The Labute approximate surface area is 119 Å². The second-order valence-corrected chi connectivity index (χ2v) is 7.77. The monoisotopic (exact) mass is 303 g/mol. The smallest absolute Gasteiger partial charge is 0.212 e. The van der Waals surface area contributed by atoms with Gasteiger partial charge in [0.2, 0.25) is 10.0 Å². The summed E-state index contributed by atoms with van der Waals surface area (Å²) in [5.74, 6) is 0.462.